The standard InChI is InChI=1S/C15H22FN3O/c1-3-7-17-14-13(16)12(6-8-18-14)15(20)19-10(2)9-11-4-5-11/h6,8,10-11H,3-5,7,9H2,1-2H3,(H,17,18)(H,19,20). The van der Waals surface area contributed by atoms with Crippen molar-refractivity contribution in [3.63, 3.8) is 0 Å². The molecule has 1 aliphatic carbocycles. The second-order valence-electron chi connectivity index (χ2n) is 5.50. The van der Waals surface area contributed by atoms with Gasteiger partial charge in [0.15, 0.2) is 11.6 Å². The molecule has 1 fully saturated rings. The van der Waals surface area contributed by atoms with E-state index in [4.69, 9.17) is 0 Å². The van der Waals surface area contributed by atoms with Crippen LogP contribution in [-0.4, -0.2) is 23.5 Å². The second kappa shape index (κ2) is 6.68. The molecule has 1 aromatic heterocycles. The summed E-state index contributed by atoms with van der Waals surface area (Å²) in [5.41, 5.74) is 0.0567. The molecule has 0 bridgehead atoms. The lowest BCUT2D eigenvalue weighted by atomic mass is 10.1. The Labute approximate surface area is 119 Å². The normalized spacial score (nSPS) is 15.8. The Balaban J connectivity index is 2.00. The fraction of sp³-hybridized carbons (Fsp3) is 0.600. The summed E-state index contributed by atoms with van der Waals surface area (Å²) in [7, 11) is 0. The third kappa shape index (κ3) is 3.92. The summed E-state index contributed by atoms with van der Waals surface area (Å²) in [5, 5.41) is 5.74. The zero-order valence-corrected chi connectivity index (χ0v) is 12.1. The lowest BCUT2D eigenvalue weighted by Gasteiger charge is -2.14. The molecule has 1 saturated carbocycles. The van der Waals surface area contributed by atoms with Crippen molar-refractivity contribution in [1.82, 2.24) is 10.3 Å². The molecule has 0 radical (unpaired) electrons. The number of amides is 1. The van der Waals surface area contributed by atoms with Gasteiger partial charge in [0.25, 0.3) is 5.91 Å². The van der Waals surface area contributed by atoms with Gasteiger partial charge in [0.05, 0.1) is 5.56 Å². The third-order valence-electron chi connectivity index (χ3n) is 3.44. The predicted octanol–water partition coefficient (Wildman–Crippen LogP) is 2.96. The van der Waals surface area contributed by atoms with Gasteiger partial charge in [-0.3, -0.25) is 4.79 Å². The molecular formula is C15H22FN3O. The molecular weight excluding hydrogens is 257 g/mol. The van der Waals surface area contributed by atoms with Crippen LogP contribution < -0.4 is 10.6 Å². The maximum Gasteiger partial charge on any atom is 0.254 e. The van der Waals surface area contributed by atoms with Crippen molar-refractivity contribution in [3.05, 3.63) is 23.6 Å². The number of carbonyl (C=O) groups is 1. The van der Waals surface area contributed by atoms with Gasteiger partial charge in [0, 0.05) is 18.8 Å². The van der Waals surface area contributed by atoms with Crippen LogP contribution in [0.1, 0.15) is 49.9 Å². The Kier molecular flexibility index (Phi) is 4.93. The fourth-order valence-electron chi connectivity index (χ4n) is 2.20. The van der Waals surface area contributed by atoms with Crippen LogP contribution in [0.15, 0.2) is 12.3 Å². The van der Waals surface area contributed by atoms with E-state index in [0.717, 1.165) is 18.8 Å². The number of aromatic nitrogens is 1. The van der Waals surface area contributed by atoms with Gasteiger partial charge in [-0.25, -0.2) is 9.37 Å². The molecule has 0 spiro atoms. The minimum absolute atomic E-state index is 0.0567. The number of nitrogens with one attached hydrogen (secondary N) is 2. The molecule has 110 valence electrons. The topological polar surface area (TPSA) is 54.0 Å². The van der Waals surface area contributed by atoms with Crippen molar-refractivity contribution in [1.29, 1.82) is 0 Å². The third-order valence-corrected chi connectivity index (χ3v) is 3.44. The zero-order valence-electron chi connectivity index (χ0n) is 12.1. The summed E-state index contributed by atoms with van der Waals surface area (Å²) < 4.78 is 14.2. The van der Waals surface area contributed by atoms with E-state index in [1.54, 1.807) is 0 Å². The van der Waals surface area contributed by atoms with Crippen LogP contribution in [-0.2, 0) is 0 Å². The number of halogens is 1. The van der Waals surface area contributed by atoms with Crippen molar-refractivity contribution in [2.75, 3.05) is 11.9 Å². The molecule has 1 aliphatic rings. The van der Waals surface area contributed by atoms with Gasteiger partial charge in [-0.15, -0.1) is 0 Å². The van der Waals surface area contributed by atoms with Gasteiger partial charge in [-0.2, -0.15) is 0 Å². The molecule has 1 unspecified atom stereocenters. The van der Waals surface area contributed by atoms with E-state index < -0.39 is 5.82 Å². The summed E-state index contributed by atoms with van der Waals surface area (Å²) in [6.45, 7) is 4.58. The number of nitrogens with zero attached hydrogens (tertiary/aromatic N) is 1. The van der Waals surface area contributed by atoms with E-state index >= 15 is 0 Å². The van der Waals surface area contributed by atoms with E-state index in [-0.39, 0.29) is 23.3 Å². The Morgan fingerprint density at radius 3 is 2.95 bits per heavy atom. The van der Waals surface area contributed by atoms with E-state index in [1.165, 1.54) is 25.1 Å². The SMILES string of the molecule is CCCNc1nccc(C(=O)NC(C)CC2CC2)c1F. The molecule has 0 saturated heterocycles. The monoisotopic (exact) mass is 279 g/mol. The highest BCUT2D eigenvalue weighted by molar-refractivity contribution is 5.95. The lowest BCUT2D eigenvalue weighted by molar-refractivity contribution is 0.0933. The first-order valence-electron chi connectivity index (χ1n) is 7.31. The molecule has 1 heterocycles. The molecule has 1 amide bonds. The van der Waals surface area contributed by atoms with Gasteiger partial charge in [-0.05, 0) is 31.7 Å². The summed E-state index contributed by atoms with van der Waals surface area (Å²) in [4.78, 5) is 16.0. The average Bonchev–Trinajstić information content (AvgIpc) is 3.21. The van der Waals surface area contributed by atoms with Crippen molar-refractivity contribution in [2.45, 2.75) is 45.6 Å². The Hall–Kier alpha value is -1.65. The molecule has 2 rings (SSSR count). The first-order chi connectivity index (χ1) is 9.61. The number of hydrogen-bond acceptors (Lipinski definition) is 3. The minimum Gasteiger partial charge on any atom is -0.368 e. The smallest absolute Gasteiger partial charge is 0.254 e. The summed E-state index contributed by atoms with van der Waals surface area (Å²) in [6.07, 6.45) is 5.79. The highest BCUT2D eigenvalue weighted by Gasteiger charge is 2.25. The number of hydrogen-bond donors (Lipinski definition) is 2. The molecule has 1 aromatic rings. The molecule has 5 heteroatoms. The molecule has 0 aromatic carbocycles. The van der Waals surface area contributed by atoms with E-state index in [2.05, 4.69) is 15.6 Å². The van der Waals surface area contributed by atoms with Gasteiger partial charge in [0.2, 0.25) is 0 Å². The Morgan fingerprint density at radius 1 is 1.55 bits per heavy atom. The zero-order chi connectivity index (χ0) is 14.5. The maximum atomic E-state index is 14.2. The quantitative estimate of drug-likeness (QED) is 0.807. The number of carbonyl (C=O) groups excluding carboxylic acids is 1. The van der Waals surface area contributed by atoms with Crippen LogP contribution in [0.25, 0.3) is 0 Å². The van der Waals surface area contributed by atoms with Crippen molar-refractivity contribution in [3.8, 4) is 0 Å². The van der Waals surface area contributed by atoms with Crippen molar-refractivity contribution in [2.24, 2.45) is 5.92 Å². The number of rotatable bonds is 7. The summed E-state index contributed by atoms with van der Waals surface area (Å²) in [5.74, 6) is -0.0571. The highest BCUT2D eigenvalue weighted by atomic mass is 19.1. The molecule has 2 N–H and O–H groups in total. The molecule has 0 aliphatic heterocycles. The van der Waals surface area contributed by atoms with Crippen LogP contribution in [0.4, 0.5) is 10.2 Å². The Morgan fingerprint density at radius 2 is 2.30 bits per heavy atom. The van der Waals surface area contributed by atoms with Gasteiger partial charge < -0.3 is 10.6 Å². The van der Waals surface area contributed by atoms with Crippen LogP contribution >= 0.6 is 0 Å². The Bertz CT molecular complexity index is 474. The van der Waals surface area contributed by atoms with E-state index in [0.29, 0.717) is 6.54 Å². The lowest BCUT2D eigenvalue weighted by Crippen LogP contribution is -2.33. The molecule has 1 atom stereocenters. The van der Waals surface area contributed by atoms with Crippen LogP contribution in [0.5, 0.6) is 0 Å². The minimum atomic E-state index is -0.572. The highest BCUT2D eigenvalue weighted by Crippen LogP contribution is 2.33. The number of anilines is 1. The van der Waals surface area contributed by atoms with Gasteiger partial charge >= 0.3 is 0 Å². The van der Waals surface area contributed by atoms with E-state index in [9.17, 15) is 9.18 Å². The summed E-state index contributed by atoms with van der Waals surface area (Å²) in [6, 6.07) is 1.50. The van der Waals surface area contributed by atoms with Crippen molar-refractivity contribution >= 4 is 11.7 Å². The second-order valence-corrected chi connectivity index (χ2v) is 5.50. The van der Waals surface area contributed by atoms with Crippen molar-refractivity contribution < 1.29 is 9.18 Å². The summed E-state index contributed by atoms with van der Waals surface area (Å²) >= 11 is 0. The van der Waals surface area contributed by atoms with E-state index in [1.807, 2.05) is 13.8 Å². The van der Waals surface area contributed by atoms with Crippen LogP contribution in [0, 0.1) is 11.7 Å². The first kappa shape index (κ1) is 14.8. The van der Waals surface area contributed by atoms with Crippen LogP contribution in [0.3, 0.4) is 0 Å². The molecule has 20 heavy (non-hydrogen) atoms. The largest absolute Gasteiger partial charge is 0.368 e. The first-order valence-corrected chi connectivity index (χ1v) is 7.31. The van der Waals surface area contributed by atoms with Crippen LogP contribution in [0.2, 0.25) is 0 Å². The van der Waals surface area contributed by atoms with Gasteiger partial charge in [-0.1, -0.05) is 19.8 Å². The average molecular weight is 279 g/mol. The number of pyridine rings is 1. The maximum absolute atomic E-state index is 14.2. The van der Waals surface area contributed by atoms with Gasteiger partial charge in [0.1, 0.15) is 0 Å². The molecule has 4 nitrogen and oxygen atoms in total. The predicted molar refractivity (Wildman–Crippen MR) is 77.2 cm³/mol. The fourth-order valence-corrected chi connectivity index (χ4v) is 2.20.